The van der Waals surface area contributed by atoms with Gasteiger partial charge in [0.05, 0.1) is 22.3 Å². The van der Waals surface area contributed by atoms with Gasteiger partial charge in [-0.25, -0.2) is 13.4 Å². The topological polar surface area (TPSA) is 86.4 Å². The summed E-state index contributed by atoms with van der Waals surface area (Å²) in [4.78, 5) is 22.0. The van der Waals surface area contributed by atoms with Crippen LogP contribution in [0.1, 0.15) is 21.5 Å². The summed E-state index contributed by atoms with van der Waals surface area (Å²) < 4.78 is 27.5. The quantitative estimate of drug-likeness (QED) is 0.734. The molecule has 1 aliphatic heterocycles. The first-order chi connectivity index (χ1) is 13.4. The van der Waals surface area contributed by atoms with Gasteiger partial charge in [-0.1, -0.05) is 12.1 Å². The zero-order valence-electron chi connectivity index (χ0n) is 15.8. The Morgan fingerprint density at radius 3 is 2.54 bits per heavy atom. The van der Waals surface area contributed by atoms with E-state index in [4.69, 9.17) is 0 Å². The first kappa shape index (κ1) is 18.6. The fourth-order valence-corrected chi connectivity index (χ4v) is 5.24. The minimum Gasteiger partial charge on any atom is -0.345 e. The van der Waals surface area contributed by atoms with E-state index in [0.29, 0.717) is 23.5 Å². The smallest absolute Gasteiger partial charge is 0.254 e. The summed E-state index contributed by atoms with van der Waals surface area (Å²) in [6.45, 7) is 4.98. The lowest BCUT2D eigenvalue weighted by atomic mass is 10.1. The maximum Gasteiger partial charge on any atom is 0.254 e. The van der Waals surface area contributed by atoms with Crippen LogP contribution in [0.15, 0.2) is 47.6 Å². The Balaban J connectivity index is 1.49. The van der Waals surface area contributed by atoms with Crippen molar-refractivity contribution in [2.45, 2.75) is 18.7 Å². The number of hydrogen-bond acceptors (Lipinski definition) is 4. The predicted octanol–water partition coefficient (Wildman–Crippen LogP) is 2.33. The molecule has 0 spiro atoms. The van der Waals surface area contributed by atoms with Crippen molar-refractivity contribution in [1.29, 1.82) is 0 Å². The molecular formula is C20H22N4O3S. The van der Waals surface area contributed by atoms with E-state index in [-0.39, 0.29) is 19.0 Å². The number of piperazine rings is 1. The van der Waals surface area contributed by atoms with Crippen LogP contribution in [0.4, 0.5) is 0 Å². The molecule has 7 nitrogen and oxygen atoms in total. The summed E-state index contributed by atoms with van der Waals surface area (Å²) in [5.74, 6) is -0.0970. The number of carbonyl (C=O) groups is 1. The fraction of sp³-hybridized carbons (Fsp3) is 0.300. The third-order valence-electron chi connectivity index (χ3n) is 5.15. The lowest BCUT2D eigenvalue weighted by molar-refractivity contribution is 0.0698. The number of carbonyl (C=O) groups excluding carboxylic acids is 1. The number of hydrogen-bond donors (Lipinski definition) is 1. The zero-order valence-corrected chi connectivity index (χ0v) is 16.7. The summed E-state index contributed by atoms with van der Waals surface area (Å²) in [5, 5.41) is 0. The number of sulfonamides is 1. The summed E-state index contributed by atoms with van der Waals surface area (Å²) >= 11 is 0. The molecule has 1 saturated heterocycles. The van der Waals surface area contributed by atoms with Crippen molar-refractivity contribution >= 4 is 27.0 Å². The molecule has 1 fully saturated rings. The second-order valence-electron chi connectivity index (χ2n) is 7.10. The maximum atomic E-state index is 13.0. The lowest BCUT2D eigenvalue weighted by Gasteiger charge is -2.34. The molecule has 0 bridgehead atoms. The van der Waals surface area contributed by atoms with E-state index in [9.17, 15) is 13.2 Å². The van der Waals surface area contributed by atoms with E-state index < -0.39 is 10.0 Å². The summed E-state index contributed by atoms with van der Waals surface area (Å²) in [6, 6.07) is 10.8. The number of nitrogens with one attached hydrogen (secondary N) is 1. The Morgan fingerprint density at radius 1 is 1.04 bits per heavy atom. The SMILES string of the molecule is Cc1ccc(C)c(S(=O)(=O)N2CCN(C(=O)c3ccc4nc[nH]c4c3)CC2)c1. The third-order valence-corrected chi connectivity index (χ3v) is 7.20. The van der Waals surface area contributed by atoms with Gasteiger partial charge in [0.15, 0.2) is 0 Å². The average molecular weight is 398 g/mol. The van der Waals surface area contributed by atoms with Crippen LogP contribution < -0.4 is 0 Å². The number of fused-ring (bicyclic) bond motifs is 1. The van der Waals surface area contributed by atoms with Crippen LogP contribution in [-0.2, 0) is 10.0 Å². The number of imidazole rings is 1. The van der Waals surface area contributed by atoms with Crippen LogP contribution in [0, 0.1) is 13.8 Å². The van der Waals surface area contributed by atoms with E-state index in [1.807, 2.05) is 19.1 Å². The monoisotopic (exact) mass is 398 g/mol. The van der Waals surface area contributed by atoms with Gasteiger partial charge in [-0.15, -0.1) is 0 Å². The van der Waals surface area contributed by atoms with E-state index in [1.165, 1.54) is 4.31 Å². The molecule has 1 N–H and O–H groups in total. The highest BCUT2D eigenvalue weighted by Gasteiger charge is 2.31. The molecule has 0 unspecified atom stereocenters. The molecule has 1 aromatic heterocycles. The molecule has 0 saturated carbocycles. The Bertz CT molecular complexity index is 1150. The van der Waals surface area contributed by atoms with Gasteiger partial charge in [0.1, 0.15) is 0 Å². The van der Waals surface area contributed by atoms with Crippen molar-refractivity contribution in [1.82, 2.24) is 19.2 Å². The molecule has 4 rings (SSSR count). The molecule has 8 heteroatoms. The average Bonchev–Trinajstić information content (AvgIpc) is 3.17. The van der Waals surface area contributed by atoms with Gasteiger partial charge in [0, 0.05) is 31.7 Å². The minimum atomic E-state index is -3.57. The molecule has 2 heterocycles. The highest BCUT2D eigenvalue weighted by atomic mass is 32.2. The van der Waals surface area contributed by atoms with Crippen molar-refractivity contribution in [3.63, 3.8) is 0 Å². The van der Waals surface area contributed by atoms with Crippen molar-refractivity contribution in [2.75, 3.05) is 26.2 Å². The van der Waals surface area contributed by atoms with Crippen LogP contribution in [0.2, 0.25) is 0 Å². The maximum absolute atomic E-state index is 13.0. The Hall–Kier alpha value is -2.71. The lowest BCUT2D eigenvalue weighted by Crippen LogP contribution is -2.50. The predicted molar refractivity (Wildman–Crippen MR) is 107 cm³/mol. The van der Waals surface area contributed by atoms with Gasteiger partial charge in [0.25, 0.3) is 5.91 Å². The molecule has 2 aromatic carbocycles. The number of rotatable bonds is 3. The van der Waals surface area contributed by atoms with Crippen molar-refractivity contribution in [2.24, 2.45) is 0 Å². The number of benzene rings is 2. The molecule has 0 radical (unpaired) electrons. The molecule has 146 valence electrons. The largest absolute Gasteiger partial charge is 0.345 e. The van der Waals surface area contributed by atoms with Gasteiger partial charge in [0.2, 0.25) is 10.0 Å². The number of aromatic nitrogens is 2. The normalized spacial score (nSPS) is 15.9. The second kappa shape index (κ2) is 7.03. The highest BCUT2D eigenvalue weighted by molar-refractivity contribution is 7.89. The summed E-state index contributed by atoms with van der Waals surface area (Å²) in [5.41, 5.74) is 3.83. The number of aromatic amines is 1. The third kappa shape index (κ3) is 3.29. The minimum absolute atomic E-state index is 0.0970. The summed E-state index contributed by atoms with van der Waals surface area (Å²) in [6.07, 6.45) is 1.59. The van der Waals surface area contributed by atoms with Crippen LogP contribution in [0.3, 0.4) is 0 Å². The van der Waals surface area contributed by atoms with Crippen molar-refractivity contribution in [3.05, 3.63) is 59.4 Å². The van der Waals surface area contributed by atoms with E-state index >= 15 is 0 Å². The second-order valence-corrected chi connectivity index (χ2v) is 9.01. The molecule has 1 amide bonds. The van der Waals surface area contributed by atoms with Gasteiger partial charge < -0.3 is 9.88 Å². The van der Waals surface area contributed by atoms with Crippen molar-refractivity contribution < 1.29 is 13.2 Å². The Kier molecular flexibility index (Phi) is 4.68. The Labute approximate surface area is 164 Å². The number of aryl methyl sites for hydroxylation is 2. The van der Waals surface area contributed by atoms with Crippen molar-refractivity contribution in [3.8, 4) is 0 Å². The molecule has 0 aliphatic carbocycles. The van der Waals surface area contributed by atoms with Crippen LogP contribution in [0.5, 0.6) is 0 Å². The van der Waals surface area contributed by atoms with Gasteiger partial charge >= 0.3 is 0 Å². The van der Waals surface area contributed by atoms with Gasteiger partial charge in [-0.3, -0.25) is 4.79 Å². The molecule has 28 heavy (non-hydrogen) atoms. The number of nitrogens with zero attached hydrogens (tertiary/aromatic N) is 3. The molecular weight excluding hydrogens is 376 g/mol. The molecule has 1 aliphatic rings. The van der Waals surface area contributed by atoms with Crippen LogP contribution in [-0.4, -0.2) is 59.7 Å². The van der Waals surface area contributed by atoms with Crippen LogP contribution >= 0.6 is 0 Å². The van der Waals surface area contributed by atoms with Crippen LogP contribution in [0.25, 0.3) is 11.0 Å². The highest BCUT2D eigenvalue weighted by Crippen LogP contribution is 2.23. The standard InChI is InChI=1S/C20H22N4O3S/c1-14-3-4-15(2)19(11-14)28(26,27)24-9-7-23(8-10-24)20(25)16-5-6-17-18(12-16)22-13-21-17/h3-6,11-13H,7-10H2,1-2H3,(H,21,22). The Morgan fingerprint density at radius 2 is 1.79 bits per heavy atom. The van der Waals surface area contributed by atoms with E-state index in [1.54, 1.807) is 42.4 Å². The zero-order chi connectivity index (χ0) is 19.9. The summed E-state index contributed by atoms with van der Waals surface area (Å²) in [7, 11) is -3.57. The fourth-order valence-electron chi connectivity index (χ4n) is 3.51. The van der Waals surface area contributed by atoms with Gasteiger partial charge in [-0.2, -0.15) is 4.31 Å². The number of amides is 1. The van der Waals surface area contributed by atoms with E-state index in [2.05, 4.69) is 9.97 Å². The first-order valence-corrected chi connectivity index (χ1v) is 10.6. The van der Waals surface area contributed by atoms with Gasteiger partial charge in [-0.05, 0) is 49.2 Å². The van der Waals surface area contributed by atoms with E-state index in [0.717, 1.165) is 22.2 Å². The molecule has 0 atom stereocenters. The first-order valence-electron chi connectivity index (χ1n) is 9.16. The molecule has 3 aromatic rings. The number of H-pyrrole nitrogens is 1.